The molecule has 28 heavy (non-hydrogen) atoms. The minimum absolute atomic E-state index is 0.105. The summed E-state index contributed by atoms with van der Waals surface area (Å²) < 4.78 is 27.0. The zero-order valence-electron chi connectivity index (χ0n) is 15.5. The predicted molar refractivity (Wildman–Crippen MR) is 113 cm³/mol. The fraction of sp³-hybridized carbons (Fsp3) is 0.350. The lowest BCUT2D eigenvalue weighted by atomic mass is 9.98. The minimum Gasteiger partial charge on any atom is -0.326 e. The molecule has 0 aromatic heterocycles. The van der Waals surface area contributed by atoms with Crippen LogP contribution >= 0.6 is 23.2 Å². The van der Waals surface area contributed by atoms with E-state index in [1.165, 1.54) is 4.31 Å². The molecule has 0 aliphatic carbocycles. The average Bonchev–Trinajstić information content (AvgIpc) is 2.67. The second-order valence-electron chi connectivity index (χ2n) is 6.98. The monoisotopic (exact) mass is 440 g/mol. The number of nitrogens with one attached hydrogen (secondary N) is 1. The number of rotatable bonds is 5. The number of amides is 1. The molecule has 1 fully saturated rings. The zero-order chi connectivity index (χ0) is 20.3. The summed E-state index contributed by atoms with van der Waals surface area (Å²) in [6, 6.07) is 12.1. The third-order valence-corrected chi connectivity index (χ3v) is 7.41. The number of hydrogen-bond acceptors (Lipinski definition) is 3. The van der Waals surface area contributed by atoms with Crippen molar-refractivity contribution in [3.05, 3.63) is 63.6 Å². The van der Waals surface area contributed by atoms with Crippen molar-refractivity contribution < 1.29 is 13.2 Å². The summed E-state index contributed by atoms with van der Waals surface area (Å²) in [4.78, 5) is 12.7. The van der Waals surface area contributed by atoms with E-state index in [1.807, 2.05) is 6.92 Å². The van der Waals surface area contributed by atoms with Gasteiger partial charge in [0, 0.05) is 28.8 Å². The number of carbonyl (C=O) groups excluding carboxylic acids is 1. The molecule has 1 amide bonds. The SMILES string of the molecule is Cc1c(Cl)cccc1NC(=O)[C@H]1CCCN(S(=O)(=O)Cc2ccc(Cl)cc2)C1. The molecule has 0 spiro atoms. The molecule has 1 heterocycles. The van der Waals surface area contributed by atoms with Crippen molar-refractivity contribution in [3.8, 4) is 0 Å². The highest BCUT2D eigenvalue weighted by Gasteiger charge is 2.32. The largest absolute Gasteiger partial charge is 0.326 e. The molecule has 2 aromatic rings. The van der Waals surface area contributed by atoms with Gasteiger partial charge in [0.05, 0.1) is 11.7 Å². The van der Waals surface area contributed by atoms with Gasteiger partial charge >= 0.3 is 0 Å². The molecule has 3 rings (SSSR count). The maximum atomic E-state index is 12.8. The summed E-state index contributed by atoms with van der Waals surface area (Å²) in [5.74, 6) is -0.685. The summed E-state index contributed by atoms with van der Waals surface area (Å²) in [6.07, 6.45) is 1.30. The van der Waals surface area contributed by atoms with Crippen molar-refractivity contribution in [2.45, 2.75) is 25.5 Å². The number of sulfonamides is 1. The second-order valence-corrected chi connectivity index (χ2v) is 9.79. The molecular formula is C20H22Cl2N2O3S. The van der Waals surface area contributed by atoms with Crippen molar-refractivity contribution in [1.29, 1.82) is 0 Å². The van der Waals surface area contributed by atoms with E-state index in [4.69, 9.17) is 23.2 Å². The Bertz CT molecular complexity index is 962. The van der Waals surface area contributed by atoms with Crippen LogP contribution in [0, 0.1) is 12.8 Å². The van der Waals surface area contributed by atoms with E-state index in [1.54, 1.807) is 42.5 Å². The number of nitrogens with zero attached hydrogens (tertiary/aromatic N) is 1. The van der Waals surface area contributed by atoms with Gasteiger partial charge in [-0.15, -0.1) is 0 Å². The first kappa shape index (κ1) is 21.1. The van der Waals surface area contributed by atoms with Gasteiger partial charge in [-0.2, -0.15) is 0 Å². The van der Waals surface area contributed by atoms with Crippen molar-refractivity contribution in [3.63, 3.8) is 0 Å². The fourth-order valence-corrected chi connectivity index (χ4v) is 5.18. The van der Waals surface area contributed by atoms with Crippen LogP contribution in [0.2, 0.25) is 10.0 Å². The van der Waals surface area contributed by atoms with E-state index < -0.39 is 15.9 Å². The fourth-order valence-electron chi connectivity index (χ4n) is 3.27. The Hall–Kier alpha value is -1.60. The Balaban J connectivity index is 1.68. The van der Waals surface area contributed by atoms with Crippen LogP contribution in [-0.2, 0) is 20.6 Å². The number of hydrogen-bond donors (Lipinski definition) is 1. The van der Waals surface area contributed by atoms with E-state index >= 15 is 0 Å². The Kier molecular flexibility index (Phi) is 6.65. The van der Waals surface area contributed by atoms with E-state index in [9.17, 15) is 13.2 Å². The van der Waals surface area contributed by atoms with Crippen LogP contribution in [0.15, 0.2) is 42.5 Å². The Morgan fingerprint density at radius 1 is 1.18 bits per heavy atom. The predicted octanol–water partition coefficient (Wildman–Crippen LogP) is 4.48. The maximum absolute atomic E-state index is 12.8. The second kappa shape index (κ2) is 8.82. The highest BCUT2D eigenvalue weighted by Crippen LogP contribution is 2.26. The van der Waals surface area contributed by atoms with Gasteiger partial charge in [-0.25, -0.2) is 12.7 Å². The molecule has 0 bridgehead atoms. The topological polar surface area (TPSA) is 66.5 Å². The highest BCUT2D eigenvalue weighted by atomic mass is 35.5. The van der Waals surface area contributed by atoms with Gasteiger partial charge in [-0.3, -0.25) is 4.79 Å². The number of anilines is 1. The lowest BCUT2D eigenvalue weighted by molar-refractivity contribution is -0.120. The van der Waals surface area contributed by atoms with Crippen LogP contribution in [0.5, 0.6) is 0 Å². The standard InChI is InChI=1S/C20H22Cl2N2O3S/c1-14-18(22)5-2-6-19(14)23-20(25)16-4-3-11-24(12-16)28(26,27)13-15-7-9-17(21)10-8-15/h2,5-10,16H,3-4,11-13H2,1H3,(H,23,25)/t16-/m0/s1. The van der Waals surface area contributed by atoms with E-state index in [2.05, 4.69) is 5.32 Å². The molecule has 2 aromatic carbocycles. The average molecular weight is 441 g/mol. The van der Waals surface area contributed by atoms with Gasteiger partial charge in [0.15, 0.2) is 0 Å². The van der Waals surface area contributed by atoms with Gasteiger partial charge in [0.2, 0.25) is 15.9 Å². The van der Waals surface area contributed by atoms with E-state index in [-0.39, 0.29) is 18.2 Å². The lowest BCUT2D eigenvalue weighted by Gasteiger charge is -2.31. The van der Waals surface area contributed by atoms with Crippen molar-refractivity contribution in [2.75, 3.05) is 18.4 Å². The third-order valence-electron chi connectivity index (χ3n) is 4.94. The van der Waals surface area contributed by atoms with Crippen molar-refractivity contribution in [1.82, 2.24) is 4.31 Å². The molecule has 1 saturated heterocycles. The van der Waals surface area contributed by atoms with Crippen LogP contribution in [0.4, 0.5) is 5.69 Å². The summed E-state index contributed by atoms with van der Waals surface area (Å²) >= 11 is 12.0. The number of carbonyl (C=O) groups is 1. The van der Waals surface area contributed by atoms with Gasteiger partial charge in [-0.05, 0) is 55.2 Å². The smallest absolute Gasteiger partial charge is 0.228 e. The highest BCUT2D eigenvalue weighted by molar-refractivity contribution is 7.88. The molecule has 0 saturated carbocycles. The normalized spacial score (nSPS) is 18.0. The summed E-state index contributed by atoms with van der Waals surface area (Å²) in [6.45, 7) is 2.44. The van der Waals surface area contributed by atoms with Crippen LogP contribution in [0.3, 0.4) is 0 Å². The Morgan fingerprint density at radius 3 is 2.61 bits per heavy atom. The number of halogens is 2. The molecule has 150 valence electrons. The Labute approximate surface area is 175 Å². The summed E-state index contributed by atoms with van der Waals surface area (Å²) in [5, 5.41) is 4.03. The van der Waals surface area contributed by atoms with Gasteiger partial charge in [-0.1, -0.05) is 41.4 Å². The molecule has 1 aliphatic rings. The summed E-state index contributed by atoms with van der Waals surface area (Å²) in [5.41, 5.74) is 2.12. The molecule has 0 unspecified atom stereocenters. The van der Waals surface area contributed by atoms with Gasteiger partial charge < -0.3 is 5.32 Å². The molecule has 1 aliphatic heterocycles. The lowest BCUT2D eigenvalue weighted by Crippen LogP contribution is -2.44. The minimum atomic E-state index is -3.51. The van der Waals surface area contributed by atoms with Crippen LogP contribution < -0.4 is 5.32 Å². The number of benzene rings is 2. The van der Waals surface area contributed by atoms with E-state index in [0.717, 1.165) is 5.56 Å². The summed E-state index contributed by atoms with van der Waals surface area (Å²) in [7, 11) is -3.51. The molecule has 8 heteroatoms. The molecular weight excluding hydrogens is 419 g/mol. The van der Waals surface area contributed by atoms with Crippen molar-refractivity contribution >= 4 is 44.8 Å². The number of piperidine rings is 1. The van der Waals surface area contributed by atoms with Crippen molar-refractivity contribution in [2.24, 2.45) is 5.92 Å². The molecule has 0 radical (unpaired) electrons. The third kappa shape index (κ3) is 5.06. The quantitative estimate of drug-likeness (QED) is 0.744. The van der Waals surface area contributed by atoms with Crippen LogP contribution in [-0.4, -0.2) is 31.7 Å². The zero-order valence-corrected chi connectivity index (χ0v) is 17.8. The molecule has 1 N–H and O–H groups in total. The van der Waals surface area contributed by atoms with Crippen LogP contribution in [0.25, 0.3) is 0 Å². The van der Waals surface area contributed by atoms with Gasteiger partial charge in [0.1, 0.15) is 0 Å². The molecule has 5 nitrogen and oxygen atoms in total. The van der Waals surface area contributed by atoms with Gasteiger partial charge in [0.25, 0.3) is 0 Å². The first-order valence-electron chi connectivity index (χ1n) is 9.04. The van der Waals surface area contributed by atoms with E-state index in [0.29, 0.717) is 40.7 Å². The Morgan fingerprint density at radius 2 is 1.89 bits per heavy atom. The maximum Gasteiger partial charge on any atom is 0.228 e. The first-order valence-corrected chi connectivity index (χ1v) is 11.4. The molecule has 1 atom stereocenters. The first-order chi connectivity index (χ1) is 13.3. The van der Waals surface area contributed by atoms with Crippen LogP contribution in [0.1, 0.15) is 24.0 Å².